The molecule has 0 bridgehead atoms. The number of ether oxygens (including phenoxy) is 1. The van der Waals surface area contributed by atoms with Crippen molar-refractivity contribution < 1.29 is 4.74 Å². The summed E-state index contributed by atoms with van der Waals surface area (Å²) in [7, 11) is 2.17. The fraction of sp³-hybridized carbons (Fsp3) is 0.108. The second-order valence-corrected chi connectivity index (χ2v) is 9.85. The first-order valence-corrected chi connectivity index (χ1v) is 13.8. The fourth-order valence-corrected chi connectivity index (χ4v) is 5.41. The first-order valence-electron chi connectivity index (χ1n) is 13.8. The van der Waals surface area contributed by atoms with E-state index < -0.39 is 0 Å². The van der Waals surface area contributed by atoms with Crippen LogP contribution in [0.2, 0.25) is 0 Å². The van der Waals surface area contributed by atoms with Gasteiger partial charge in [-0.2, -0.15) is 0 Å². The van der Waals surface area contributed by atoms with Gasteiger partial charge in [0, 0.05) is 23.5 Å². The van der Waals surface area contributed by atoms with E-state index in [9.17, 15) is 0 Å². The molecule has 1 aromatic heterocycles. The molecule has 4 heteroatoms. The number of benzene rings is 4. The lowest BCUT2D eigenvalue weighted by Gasteiger charge is -2.16. The molecule has 1 aliphatic rings. The molecule has 0 N–H and O–H groups in total. The van der Waals surface area contributed by atoms with Crippen molar-refractivity contribution in [1.29, 1.82) is 0 Å². The van der Waals surface area contributed by atoms with E-state index in [2.05, 4.69) is 133 Å². The Kier molecular flexibility index (Phi) is 8.67. The van der Waals surface area contributed by atoms with Gasteiger partial charge in [-0.3, -0.25) is 4.99 Å². The predicted octanol–water partition coefficient (Wildman–Crippen LogP) is 9.23. The van der Waals surface area contributed by atoms with Crippen molar-refractivity contribution in [2.75, 3.05) is 6.61 Å². The van der Waals surface area contributed by atoms with Gasteiger partial charge in [-0.25, -0.2) is 0 Å². The van der Waals surface area contributed by atoms with Crippen molar-refractivity contribution in [3.63, 3.8) is 0 Å². The van der Waals surface area contributed by atoms with Gasteiger partial charge in [0.25, 0.3) is 0 Å². The number of aromatic nitrogens is 1. The van der Waals surface area contributed by atoms with Gasteiger partial charge in [0.2, 0.25) is 0 Å². The van der Waals surface area contributed by atoms with E-state index in [-0.39, 0.29) is 12.4 Å². The Morgan fingerprint density at radius 2 is 1.37 bits per heavy atom. The molecule has 5 aromatic rings. The Balaban J connectivity index is 0.00000337. The molecule has 0 fully saturated rings. The molecule has 0 radical (unpaired) electrons. The lowest BCUT2D eigenvalue weighted by molar-refractivity contribution is 0.340. The van der Waals surface area contributed by atoms with Crippen molar-refractivity contribution in [3.05, 3.63) is 156 Å². The minimum absolute atomic E-state index is 0. The maximum Gasteiger partial charge on any atom is 0.119 e. The summed E-state index contributed by atoms with van der Waals surface area (Å²) in [6, 6.07) is 38.3. The van der Waals surface area contributed by atoms with Crippen LogP contribution in [0.3, 0.4) is 0 Å². The minimum Gasteiger partial charge on any atom is -0.494 e. The topological polar surface area (TPSA) is 26.5 Å². The van der Waals surface area contributed by atoms with Crippen LogP contribution in [0.15, 0.2) is 144 Å². The van der Waals surface area contributed by atoms with E-state index >= 15 is 0 Å². The lowest BCUT2D eigenvalue weighted by atomic mass is 9.88. The Morgan fingerprint density at radius 3 is 2.05 bits per heavy atom. The molecule has 6 rings (SSSR count). The van der Waals surface area contributed by atoms with Crippen LogP contribution < -0.4 is 4.74 Å². The average Bonchev–Trinajstić information content (AvgIpc) is 3.30. The number of rotatable bonds is 7. The van der Waals surface area contributed by atoms with Crippen LogP contribution in [0.4, 0.5) is 0 Å². The van der Waals surface area contributed by atoms with Gasteiger partial charge >= 0.3 is 0 Å². The highest BCUT2D eigenvalue weighted by molar-refractivity contribution is 6.10. The summed E-state index contributed by atoms with van der Waals surface area (Å²) in [6.07, 6.45) is 8.66. The molecular formula is C37H33ClN2O. The molecule has 0 atom stereocenters. The Morgan fingerprint density at radius 1 is 0.732 bits per heavy atom. The minimum atomic E-state index is 0. The van der Waals surface area contributed by atoms with E-state index in [1.807, 2.05) is 19.1 Å². The van der Waals surface area contributed by atoms with Crippen LogP contribution in [-0.2, 0) is 13.6 Å². The van der Waals surface area contributed by atoms with Gasteiger partial charge in [0.1, 0.15) is 5.75 Å². The van der Waals surface area contributed by atoms with Gasteiger partial charge < -0.3 is 9.30 Å². The number of hydrogen-bond donors (Lipinski definition) is 0. The number of aliphatic imine (C=N–C) groups is 1. The number of nitrogens with zero attached hydrogens (tertiary/aromatic N) is 2. The number of halogens is 1. The lowest BCUT2D eigenvalue weighted by Crippen LogP contribution is -2.00. The SMILES string of the molecule is CCOc1ccc(CN=C2C=CC(=C(c3ccccc3)c3c(-c4ccccc4)n(C)c4ccccc34)C=C2)cc1.Cl. The van der Waals surface area contributed by atoms with Crippen LogP contribution in [-0.4, -0.2) is 16.9 Å². The van der Waals surface area contributed by atoms with Crippen molar-refractivity contribution in [2.24, 2.45) is 12.0 Å². The highest BCUT2D eigenvalue weighted by atomic mass is 35.5. The van der Waals surface area contributed by atoms with Gasteiger partial charge in [0.15, 0.2) is 0 Å². The number of allylic oxidation sites excluding steroid dienone is 5. The standard InChI is InChI=1S/C37H32N2O.ClH/c1-3-40-32-24-18-27(19-25-32)26-38-31-22-20-29(21-23-31)35(28-12-6-4-7-13-28)36-33-16-10-11-17-34(33)39(2)37(36)30-14-8-5-9-15-30;/h4-25H,3,26H2,1-2H3;1H. The monoisotopic (exact) mass is 556 g/mol. The highest BCUT2D eigenvalue weighted by Crippen LogP contribution is 2.42. The fourth-order valence-electron chi connectivity index (χ4n) is 5.41. The van der Waals surface area contributed by atoms with Crippen LogP contribution in [0.1, 0.15) is 23.6 Å². The van der Waals surface area contributed by atoms with E-state index in [4.69, 9.17) is 9.73 Å². The first-order chi connectivity index (χ1) is 19.7. The second-order valence-electron chi connectivity index (χ2n) is 9.85. The van der Waals surface area contributed by atoms with Crippen LogP contribution in [0, 0.1) is 0 Å². The zero-order valence-electron chi connectivity index (χ0n) is 23.3. The molecule has 4 aromatic carbocycles. The summed E-state index contributed by atoms with van der Waals surface area (Å²) in [6.45, 7) is 3.29. The zero-order chi connectivity index (χ0) is 27.3. The van der Waals surface area contributed by atoms with Crippen LogP contribution >= 0.6 is 12.4 Å². The second kappa shape index (κ2) is 12.7. The molecular weight excluding hydrogens is 524 g/mol. The smallest absolute Gasteiger partial charge is 0.119 e. The quantitative estimate of drug-likeness (QED) is 0.196. The van der Waals surface area contributed by atoms with E-state index in [0.717, 1.165) is 17.0 Å². The van der Waals surface area contributed by atoms with E-state index in [1.54, 1.807) is 0 Å². The van der Waals surface area contributed by atoms with Crippen molar-refractivity contribution in [1.82, 2.24) is 4.57 Å². The number of aryl methyl sites for hydroxylation is 1. The number of hydrogen-bond acceptors (Lipinski definition) is 2. The van der Waals surface area contributed by atoms with Gasteiger partial charge in [-0.15, -0.1) is 12.4 Å². The molecule has 0 unspecified atom stereocenters. The summed E-state index contributed by atoms with van der Waals surface area (Å²) >= 11 is 0. The maximum atomic E-state index is 5.56. The normalized spacial score (nSPS) is 12.3. The third-order valence-electron chi connectivity index (χ3n) is 7.30. The Bertz CT molecular complexity index is 1740. The maximum absolute atomic E-state index is 5.56. The largest absolute Gasteiger partial charge is 0.494 e. The van der Waals surface area contributed by atoms with Crippen molar-refractivity contribution in [3.8, 4) is 17.0 Å². The molecule has 0 amide bonds. The van der Waals surface area contributed by atoms with Crippen LogP contribution in [0.25, 0.3) is 27.7 Å². The average molecular weight is 557 g/mol. The van der Waals surface area contributed by atoms with Crippen molar-refractivity contribution in [2.45, 2.75) is 13.5 Å². The molecule has 41 heavy (non-hydrogen) atoms. The van der Waals surface area contributed by atoms with Gasteiger partial charge in [-0.1, -0.05) is 103 Å². The third kappa shape index (κ3) is 5.82. The summed E-state index contributed by atoms with van der Waals surface area (Å²) in [5.74, 6) is 0.892. The molecule has 0 saturated heterocycles. The molecule has 0 aliphatic heterocycles. The van der Waals surface area contributed by atoms with Gasteiger partial charge in [-0.05, 0) is 65.1 Å². The van der Waals surface area contributed by atoms with Crippen molar-refractivity contribution >= 4 is 34.6 Å². The highest BCUT2D eigenvalue weighted by Gasteiger charge is 2.22. The predicted molar refractivity (Wildman–Crippen MR) is 175 cm³/mol. The molecule has 0 saturated carbocycles. The molecule has 1 aliphatic carbocycles. The summed E-state index contributed by atoms with van der Waals surface area (Å²) in [4.78, 5) is 4.86. The zero-order valence-corrected chi connectivity index (χ0v) is 24.1. The van der Waals surface area contributed by atoms with E-state index in [0.29, 0.717) is 13.2 Å². The number of fused-ring (bicyclic) bond motifs is 1. The summed E-state index contributed by atoms with van der Waals surface area (Å²) in [5, 5.41) is 1.24. The summed E-state index contributed by atoms with van der Waals surface area (Å²) < 4.78 is 7.89. The molecule has 3 nitrogen and oxygen atoms in total. The summed E-state index contributed by atoms with van der Waals surface area (Å²) in [5.41, 5.74) is 10.6. The van der Waals surface area contributed by atoms with Crippen LogP contribution in [0.5, 0.6) is 5.75 Å². The molecule has 1 heterocycles. The molecule has 204 valence electrons. The van der Waals surface area contributed by atoms with E-state index in [1.165, 1.54) is 44.4 Å². The number of para-hydroxylation sites is 1. The third-order valence-corrected chi connectivity index (χ3v) is 7.30. The Hall–Kier alpha value is -4.60. The molecule has 0 spiro atoms. The first kappa shape index (κ1) is 27.9. The Labute approximate surface area is 248 Å². The van der Waals surface area contributed by atoms with Gasteiger partial charge in [0.05, 0.1) is 24.6 Å².